The number of aliphatic hydroxyl groups is 1. The van der Waals surface area contributed by atoms with Crippen LogP contribution in [0.1, 0.15) is 41.8 Å². The highest BCUT2D eigenvalue weighted by molar-refractivity contribution is 7.10. The fourth-order valence-electron chi connectivity index (χ4n) is 5.28. The number of nitrogens with one attached hydrogen (secondary N) is 1. The lowest BCUT2D eigenvalue weighted by molar-refractivity contribution is -0.145. The van der Waals surface area contributed by atoms with Gasteiger partial charge in [-0.15, -0.1) is 28.8 Å². The number of aromatic nitrogens is 1. The fraction of sp³-hybridized carbons (Fsp3) is 0.344. The van der Waals surface area contributed by atoms with E-state index in [9.17, 15) is 23.9 Å². The number of carbonyl (C=O) groups excluding carboxylic acids is 3. The first kappa shape index (κ1) is 40.3. The number of hydrogen-bond donors (Lipinski definition) is 2. The van der Waals surface area contributed by atoms with Crippen LogP contribution in [0.5, 0.6) is 0 Å². The van der Waals surface area contributed by atoms with E-state index in [4.69, 9.17) is 14.7 Å². The number of amides is 2. The summed E-state index contributed by atoms with van der Waals surface area (Å²) in [5, 5.41) is 31.5. The van der Waals surface area contributed by atoms with Gasteiger partial charge in [0.2, 0.25) is 5.91 Å². The summed E-state index contributed by atoms with van der Waals surface area (Å²) in [5.41, 5.74) is -0.600. The molecule has 5 rings (SSSR count). The van der Waals surface area contributed by atoms with Crippen molar-refractivity contribution in [2.24, 2.45) is 5.10 Å². The van der Waals surface area contributed by atoms with E-state index in [0.717, 1.165) is 28.7 Å². The van der Waals surface area contributed by atoms with Gasteiger partial charge in [0.15, 0.2) is 6.61 Å². The third-order valence-corrected chi connectivity index (χ3v) is 8.93. The van der Waals surface area contributed by atoms with Gasteiger partial charge in [-0.3, -0.25) is 9.59 Å². The Morgan fingerprint density at radius 1 is 1.24 bits per heavy atom. The van der Waals surface area contributed by atoms with Crippen LogP contribution >= 0.6 is 23.7 Å². The fourth-order valence-corrected chi connectivity index (χ4v) is 6.25. The summed E-state index contributed by atoms with van der Waals surface area (Å²) in [4.78, 5) is 46.6. The number of imide groups is 1. The molecule has 50 heavy (non-hydrogen) atoms. The average molecular weight is 843 g/mol. The summed E-state index contributed by atoms with van der Waals surface area (Å²) < 4.78 is 40.0. The van der Waals surface area contributed by atoms with E-state index in [1.807, 2.05) is 0 Å². The smallest absolute Gasteiger partial charge is 0.417 e. The van der Waals surface area contributed by atoms with Gasteiger partial charge in [-0.2, -0.15) is 5.26 Å². The number of halogens is 4. The number of carbonyl (C=O) groups is 3. The Balaban J connectivity index is 0.00000338. The molecular formula is C32H32ClF2IN7O6S. The van der Waals surface area contributed by atoms with E-state index >= 15 is 4.39 Å². The predicted molar refractivity (Wildman–Crippen MR) is 177 cm³/mol. The molecule has 2 aromatic carbocycles. The van der Waals surface area contributed by atoms with Crippen LogP contribution in [0.3, 0.4) is 0 Å². The molecule has 0 saturated carbocycles. The number of nitrogens with zero attached hydrogens (tertiary/aromatic N) is 6. The molecule has 1 aromatic heterocycles. The minimum absolute atomic E-state index is 0. The number of rotatable bonds is 12. The first-order valence-corrected chi connectivity index (χ1v) is 15.7. The summed E-state index contributed by atoms with van der Waals surface area (Å²) in [6.45, 7) is 0.611. The maximum Gasteiger partial charge on any atom is 0.417 e. The zero-order chi connectivity index (χ0) is 34.4. The van der Waals surface area contributed by atoms with E-state index in [-0.39, 0.29) is 73.9 Å². The maximum atomic E-state index is 15.2. The molecule has 0 aliphatic carbocycles. The summed E-state index contributed by atoms with van der Waals surface area (Å²) in [7, 11) is 1.58. The van der Waals surface area contributed by atoms with Gasteiger partial charge in [-0.1, -0.05) is 24.0 Å². The first-order valence-electron chi connectivity index (χ1n) is 14.8. The number of esters is 1. The molecule has 1 radical (unpaired) electrons. The van der Waals surface area contributed by atoms with E-state index in [1.165, 1.54) is 22.7 Å². The van der Waals surface area contributed by atoms with Gasteiger partial charge in [0, 0.05) is 33.9 Å². The molecule has 13 nitrogen and oxygen atoms in total. The third-order valence-electron chi connectivity index (χ3n) is 7.90. The molecule has 0 bridgehead atoms. The maximum absolute atomic E-state index is 15.2. The van der Waals surface area contributed by atoms with Crippen molar-refractivity contribution in [3.05, 3.63) is 75.6 Å². The Hall–Kier alpha value is -4.09. The zero-order valence-corrected chi connectivity index (χ0v) is 30.5. The highest BCUT2D eigenvalue weighted by Gasteiger charge is 2.46. The molecule has 3 heterocycles. The molecule has 3 aromatic rings. The molecule has 2 amide bonds. The summed E-state index contributed by atoms with van der Waals surface area (Å²) >= 11 is 1.22. The van der Waals surface area contributed by atoms with Gasteiger partial charge in [0.1, 0.15) is 30.4 Å². The normalized spacial score (nSPS) is 16.8. The van der Waals surface area contributed by atoms with Crippen LogP contribution in [0.15, 0.2) is 52.9 Å². The van der Waals surface area contributed by atoms with Crippen molar-refractivity contribution in [2.75, 3.05) is 33.4 Å². The van der Waals surface area contributed by atoms with Crippen molar-refractivity contribution in [3.8, 4) is 17.3 Å². The second-order valence-electron chi connectivity index (χ2n) is 11.1. The van der Waals surface area contributed by atoms with Crippen LogP contribution in [-0.2, 0) is 24.7 Å². The van der Waals surface area contributed by atoms with Gasteiger partial charge in [-0.25, -0.2) is 23.5 Å². The highest BCUT2D eigenvalue weighted by atomic mass is 127. The van der Waals surface area contributed by atoms with E-state index in [2.05, 4.69) is 26.5 Å². The van der Waals surface area contributed by atoms with Gasteiger partial charge in [-0.05, 0) is 43.8 Å². The van der Waals surface area contributed by atoms with Crippen molar-refractivity contribution < 1.29 is 61.7 Å². The molecule has 1 saturated heterocycles. The predicted octanol–water partition coefficient (Wildman–Crippen LogP) is 0.260. The second-order valence-corrected chi connectivity index (χ2v) is 12.0. The van der Waals surface area contributed by atoms with Crippen LogP contribution in [-0.4, -0.2) is 89.5 Å². The van der Waals surface area contributed by atoms with Gasteiger partial charge in [0.05, 0.1) is 34.9 Å². The summed E-state index contributed by atoms with van der Waals surface area (Å²) in [5.74, 6) is -3.48. The molecule has 2 N–H and O–H groups in total. The Morgan fingerprint density at radius 3 is 2.68 bits per heavy atom. The van der Waals surface area contributed by atoms with Crippen LogP contribution in [0, 0.1) is 23.0 Å². The molecule has 0 spiro atoms. The van der Waals surface area contributed by atoms with Crippen molar-refractivity contribution in [3.63, 3.8) is 0 Å². The second kappa shape index (κ2) is 17.7. The lowest BCUT2D eigenvalue weighted by Crippen LogP contribution is -3.00. The minimum Gasteiger partial charge on any atom is -1.00 e. The number of hydrazone groups is 1. The number of thiazole rings is 1. The first-order chi connectivity index (χ1) is 23.0. The number of ether oxygens (including phenoxy) is 2. The minimum atomic E-state index is -2.08. The lowest BCUT2D eigenvalue weighted by atomic mass is 9.81. The van der Waals surface area contributed by atoms with Crippen LogP contribution in [0.2, 0.25) is 0 Å². The summed E-state index contributed by atoms with van der Waals surface area (Å²) in [6, 6.07) is 10.9. The SMILES string of the molecule is CNCC(=O)OCC1CCC(=O)N1C(=O)OCC1=NN(C[C@](O)(c2cc(F)ccc2F)[C@@H](C)c2nc(-c3ccc(C#N)cc3)cs2)C=[N+]1.Cl.[I-]. The number of nitriles is 1. The van der Waals surface area contributed by atoms with Crippen LogP contribution < -0.4 is 34.3 Å². The van der Waals surface area contributed by atoms with Crippen molar-refractivity contribution in [1.29, 1.82) is 5.26 Å². The Bertz CT molecular complexity index is 1810. The van der Waals surface area contributed by atoms with Crippen LogP contribution in [0.4, 0.5) is 13.6 Å². The molecule has 2 aliphatic rings. The third kappa shape index (κ3) is 9.17. The Labute approximate surface area is 313 Å². The quantitative estimate of drug-likeness (QED) is 0.191. The molecule has 1 fully saturated rings. The number of aliphatic imine (C=N–C) groups is 1. The van der Waals surface area contributed by atoms with Crippen LogP contribution in [0.25, 0.3) is 11.3 Å². The topological polar surface area (TPSA) is 172 Å². The van der Waals surface area contributed by atoms with Crippen molar-refractivity contribution in [2.45, 2.75) is 37.3 Å². The molecule has 2 aliphatic heterocycles. The number of amidine groups is 1. The van der Waals surface area contributed by atoms with Gasteiger partial charge < -0.3 is 43.9 Å². The Morgan fingerprint density at radius 2 is 1.98 bits per heavy atom. The Kier molecular flexibility index (Phi) is 14.3. The molecule has 1 unspecified atom stereocenters. The standard InChI is InChI=1S/C32H31F2N7O6S.ClH.HI/c1-19(30-38-26(16-48-30)21-5-3-20(12-35)4-6-21)32(45,24-11-22(33)7-9-25(24)34)17-40-18-37-27(39-40)15-47-31(44)41-23(8-10-28(41)42)14-46-29(43)13-36-2;;/h3-7,9,11,16,18-19,23,36,45H,8,10,13-15,17H2,1-2H3;2*1H/q+1;;/p-1/t19-,23?,32+;;/m0../s1. The number of hydrogen-bond acceptors (Lipinski definition) is 13. The average Bonchev–Trinajstić information content (AvgIpc) is 3.84. The van der Waals surface area contributed by atoms with Gasteiger partial charge in [0.25, 0.3) is 6.34 Å². The van der Waals surface area contributed by atoms with E-state index < -0.39 is 53.8 Å². The number of likely N-dealkylation sites (tertiary alicyclic amines) is 1. The number of β-amino-alcohol motifs (C(OH)–C–C–N with tert-alkyl or cyclic N) is 1. The molecule has 3 atom stereocenters. The number of likely N-dealkylation sites (N-methyl/N-ethyl adjacent to an activating group) is 1. The van der Waals surface area contributed by atoms with E-state index in [0.29, 0.717) is 22.7 Å². The molecule has 265 valence electrons. The molecule has 18 heteroatoms. The number of benzene rings is 2. The molecular weight excluding hydrogens is 811 g/mol. The van der Waals surface area contributed by atoms with Crippen molar-refractivity contribution in [1.82, 2.24) is 25.2 Å². The highest BCUT2D eigenvalue weighted by Crippen LogP contribution is 2.41. The zero-order valence-electron chi connectivity index (χ0n) is 26.7. The van der Waals surface area contributed by atoms with E-state index in [1.54, 1.807) is 43.6 Å². The lowest BCUT2D eigenvalue weighted by Gasteiger charge is -2.33. The van der Waals surface area contributed by atoms with Gasteiger partial charge >= 0.3 is 17.9 Å². The van der Waals surface area contributed by atoms with Crippen molar-refractivity contribution >= 4 is 53.9 Å². The monoisotopic (exact) mass is 842 g/mol. The largest absolute Gasteiger partial charge is 1.00 e. The summed E-state index contributed by atoms with van der Waals surface area (Å²) in [6.07, 6.45) is 0.664.